The van der Waals surface area contributed by atoms with Crippen molar-refractivity contribution in [3.8, 4) is 0 Å². The van der Waals surface area contributed by atoms with Crippen LogP contribution in [0.15, 0.2) is 47.4 Å². The van der Waals surface area contributed by atoms with Crippen molar-refractivity contribution in [2.24, 2.45) is 0 Å². The predicted octanol–water partition coefficient (Wildman–Crippen LogP) is 6.02. The molecule has 3 rings (SSSR count). The van der Waals surface area contributed by atoms with Crippen LogP contribution in [-0.4, -0.2) is 18.8 Å². The summed E-state index contributed by atoms with van der Waals surface area (Å²) >= 11 is 0. The number of aliphatic hydroxyl groups is 1. The molecule has 4 nitrogen and oxygen atoms in total. The van der Waals surface area contributed by atoms with Crippen molar-refractivity contribution in [1.82, 2.24) is 0 Å². The Morgan fingerprint density at radius 2 is 1.47 bits per heavy atom. The van der Waals surface area contributed by atoms with Crippen molar-refractivity contribution >= 4 is 9.84 Å². The van der Waals surface area contributed by atoms with Crippen molar-refractivity contribution < 1.29 is 61.7 Å². The molecule has 1 aliphatic heterocycles. The van der Waals surface area contributed by atoms with Gasteiger partial charge in [-0.1, -0.05) is 32.0 Å². The van der Waals surface area contributed by atoms with Gasteiger partial charge in [-0.15, -0.1) is 0 Å². The van der Waals surface area contributed by atoms with Crippen molar-refractivity contribution in [2.45, 2.75) is 61.4 Å². The predicted molar refractivity (Wildman–Crippen MR) is 106 cm³/mol. The Balaban J connectivity index is 0.00000408. The second-order valence-corrected chi connectivity index (χ2v) is 9.69. The minimum absolute atomic E-state index is 0. The van der Waals surface area contributed by atoms with Gasteiger partial charge in [0.1, 0.15) is 11.4 Å². The van der Waals surface area contributed by atoms with E-state index in [1.54, 1.807) is 13.8 Å². The van der Waals surface area contributed by atoms with Gasteiger partial charge in [0.15, 0.2) is 9.84 Å². The van der Waals surface area contributed by atoms with Gasteiger partial charge in [-0.2, -0.15) is 45.3 Å². The van der Waals surface area contributed by atoms with E-state index in [1.807, 2.05) is 0 Å². The van der Waals surface area contributed by atoms with Crippen LogP contribution in [0.25, 0.3) is 0 Å². The Kier molecular flexibility index (Phi) is 8.58. The van der Waals surface area contributed by atoms with E-state index in [-0.39, 0.29) is 52.5 Å². The van der Waals surface area contributed by atoms with Gasteiger partial charge >= 0.3 is 12.4 Å². The van der Waals surface area contributed by atoms with Crippen LogP contribution >= 0.6 is 0 Å². The third-order valence-electron chi connectivity index (χ3n) is 5.53. The van der Waals surface area contributed by atoms with Gasteiger partial charge in [-0.05, 0) is 29.8 Å². The second-order valence-electron chi connectivity index (χ2n) is 7.62. The molecular formula is C22H21F6FeO4S-. The Hall–Kier alpha value is -1.59. The Morgan fingerprint density at radius 1 is 0.971 bits per heavy atom. The molecule has 0 saturated heterocycles. The summed E-state index contributed by atoms with van der Waals surface area (Å²) < 4.78 is 113. The minimum Gasteiger partial charge on any atom is -0.542 e. The van der Waals surface area contributed by atoms with Gasteiger partial charge in [-0.3, -0.25) is 0 Å². The largest absolute Gasteiger partial charge is 0.542 e. The van der Waals surface area contributed by atoms with Gasteiger partial charge in [0, 0.05) is 22.6 Å². The maximum Gasteiger partial charge on any atom is 0.416 e. The van der Waals surface area contributed by atoms with Crippen molar-refractivity contribution in [3.63, 3.8) is 0 Å². The molecule has 12 heteroatoms. The maximum absolute atomic E-state index is 13.4. The van der Waals surface area contributed by atoms with Gasteiger partial charge in [-0.25, -0.2) is 8.42 Å². The molecular weight excluding hydrogens is 530 g/mol. The maximum atomic E-state index is 13.4. The van der Waals surface area contributed by atoms with Crippen LogP contribution in [0.1, 0.15) is 61.2 Å². The fourth-order valence-electron chi connectivity index (χ4n) is 3.87. The molecule has 0 radical (unpaired) electrons. The molecule has 0 amide bonds. The zero-order valence-corrected chi connectivity index (χ0v) is 19.8. The number of benzene rings is 2. The zero-order chi connectivity index (χ0) is 24.8. The molecule has 0 aromatic heterocycles. The van der Waals surface area contributed by atoms with Crippen molar-refractivity contribution in [2.75, 3.05) is 0 Å². The molecule has 1 heterocycles. The van der Waals surface area contributed by atoms with E-state index in [9.17, 15) is 39.9 Å². The van der Waals surface area contributed by atoms with E-state index in [2.05, 4.69) is 0 Å². The van der Waals surface area contributed by atoms with Gasteiger partial charge < -0.3 is 9.84 Å². The molecule has 2 aromatic carbocycles. The summed E-state index contributed by atoms with van der Waals surface area (Å²) in [4.78, 5) is -0.242. The number of hydrogen-bond acceptors (Lipinski definition) is 4. The van der Waals surface area contributed by atoms with Crippen LogP contribution in [0, 0.1) is 6.10 Å². The molecule has 3 atom stereocenters. The Morgan fingerprint density at radius 3 is 1.91 bits per heavy atom. The summed E-state index contributed by atoms with van der Waals surface area (Å²) in [5.41, 5.74) is -3.83. The standard InChI is InChI=1S/C22H21F6O4S.Fe/c1-3-15(4-2)32-19(20-18(29)16-7-5-6-8-17(16)33(20,30)31)12-9-13(21(23,24)25)11-14(10-12)22(26,27)28;/h5-11,18-20,29H,3-4H2,1-2H3;/q-1;. The molecule has 0 saturated carbocycles. The van der Waals surface area contributed by atoms with Crippen LogP contribution in [0.4, 0.5) is 26.3 Å². The number of fused-ring (bicyclic) bond motifs is 1. The first-order valence-corrected chi connectivity index (χ1v) is 11.6. The number of ether oxygens (including phenoxy) is 1. The van der Waals surface area contributed by atoms with E-state index in [1.165, 1.54) is 24.3 Å². The van der Waals surface area contributed by atoms with Crippen LogP contribution in [0.2, 0.25) is 0 Å². The third kappa shape index (κ3) is 5.46. The first-order valence-electron chi connectivity index (χ1n) is 10.0. The fraction of sp³-hybridized carbons (Fsp3) is 0.409. The number of sulfone groups is 1. The summed E-state index contributed by atoms with van der Waals surface area (Å²) in [6.45, 7) is 3.30. The molecule has 3 unspecified atom stereocenters. The third-order valence-corrected chi connectivity index (χ3v) is 7.74. The SMILES string of the molecule is CC[C-](CC)OC(c1cc(C(F)(F)F)cc(C(F)(F)F)c1)C1C(O)c2ccccc2S1(=O)=O.[Fe]. The molecule has 2 aromatic rings. The van der Waals surface area contributed by atoms with Crippen LogP contribution in [0.3, 0.4) is 0 Å². The smallest absolute Gasteiger partial charge is 0.416 e. The average molecular weight is 551 g/mol. The summed E-state index contributed by atoms with van der Waals surface area (Å²) in [6.07, 6.45) is -13.0. The van der Waals surface area contributed by atoms with Crippen LogP contribution in [0.5, 0.6) is 0 Å². The number of hydrogen-bond donors (Lipinski definition) is 1. The Bertz CT molecular complexity index is 1080. The monoisotopic (exact) mass is 551 g/mol. The molecule has 1 N–H and O–H groups in total. The van der Waals surface area contributed by atoms with Gasteiger partial charge in [0.25, 0.3) is 0 Å². The number of aliphatic hydroxyl groups excluding tert-OH is 1. The molecule has 0 spiro atoms. The average Bonchev–Trinajstić information content (AvgIpc) is 2.94. The summed E-state index contributed by atoms with van der Waals surface area (Å²) in [5.74, 6) is 0. The van der Waals surface area contributed by atoms with Gasteiger partial charge in [0.05, 0.1) is 22.1 Å². The van der Waals surface area contributed by atoms with E-state index in [0.717, 1.165) is 0 Å². The first-order chi connectivity index (χ1) is 15.2. The molecule has 34 heavy (non-hydrogen) atoms. The minimum atomic E-state index is -5.13. The molecule has 0 fully saturated rings. The van der Waals surface area contributed by atoms with Crippen LogP contribution in [-0.2, 0) is 44.0 Å². The number of rotatable bonds is 6. The second kappa shape index (κ2) is 10.2. The van der Waals surface area contributed by atoms with Crippen LogP contribution < -0.4 is 0 Å². The number of alkyl halides is 6. The summed E-state index contributed by atoms with van der Waals surface area (Å²) in [7, 11) is -4.35. The first kappa shape index (κ1) is 28.6. The Labute approximate surface area is 203 Å². The van der Waals surface area contributed by atoms with E-state index in [0.29, 0.717) is 12.1 Å². The van der Waals surface area contributed by atoms with Crippen molar-refractivity contribution in [3.05, 3.63) is 70.8 Å². The zero-order valence-electron chi connectivity index (χ0n) is 17.9. The van der Waals surface area contributed by atoms with Gasteiger partial charge in [0.2, 0.25) is 0 Å². The summed E-state index contributed by atoms with van der Waals surface area (Å²) in [6, 6.07) is 6.27. The molecule has 0 aliphatic carbocycles. The fourth-order valence-corrected chi connectivity index (χ4v) is 5.97. The van der Waals surface area contributed by atoms with E-state index < -0.39 is 56.3 Å². The molecule has 1 aliphatic rings. The molecule has 190 valence electrons. The van der Waals surface area contributed by atoms with Crippen molar-refractivity contribution in [1.29, 1.82) is 0 Å². The summed E-state index contributed by atoms with van der Waals surface area (Å²) in [5, 5.41) is 8.97. The van der Waals surface area contributed by atoms with E-state index in [4.69, 9.17) is 4.74 Å². The molecule has 0 bridgehead atoms. The topological polar surface area (TPSA) is 63.6 Å². The van der Waals surface area contributed by atoms with E-state index >= 15 is 0 Å². The normalized spacial score (nSPS) is 20.6. The number of halogens is 6. The quantitative estimate of drug-likeness (QED) is 0.271.